The molecule has 1 aromatic carbocycles. The normalized spacial score (nSPS) is 12.7. The number of nitrogens with zero attached hydrogens (tertiary/aromatic N) is 3. The van der Waals surface area contributed by atoms with E-state index in [1.54, 1.807) is 12.4 Å². The first-order chi connectivity index (χ1) is 8.58. The van der Waals surface area contributed by atoms with E-state index in [4.69, 9.17) is 23.2 Å². The molecule has 0 aliphatic rings. The molecule has 0 amide bonds. The van der Waals surface area contributed by atoms with Gasteiger partial charge in [-0.05, 0) is 24.6 Å². The molecular formula is C12H14Cl2N4. The Morgan fingerprint density at radius 1 is 1.33 bits per heavy atom. The van der Waals surface area contributed by atoms with Crippen molar-refractivity contribution in [2.75, 3.05) is 0 Å². The van der Waals surface area contributed by atoms with Crippen molar-refractivity contribution in [2.45, 2.75) is 19.5 Å². The Morgan fingerprint density at radius 3 is 2.72 bits per heavy atom. The van der Waals surface area contributed by atoms with Crippen LogP contribution in [-0.4, -0.2) is 14.8 Å². The van der Waals surface area contributed by atoms with Gasteiger partial charge in [-0.1, -0.05) is 29.3 Å². The van der Waals surface area contributed by atoms with E-state index in [9.17, 15) is 0 Å². The Bertz CT molecular complexity index is 539. The van der Waals surface area contributed by atoms with Gasteiger partial charge >= 0.3 is 0 Å². The topological polar surface area (TPSA) is 42.7 Å². The fraction of sp³-hybridized carbons (Fsp3) is 0.333. The van der Waals surface area contributed by atoms with E-state index in [0.717, 1.165) is 11.4 Å². The van der Waals surface area contributed by atoms with Crippen LogP contribution in [0.2, 0.25) is 10.0 Å². The zero-order chi connectivity index (χ0) is 13.1. The van der Waals surface area contributed by atoms with E-state index in [1.807, 2.05) is 30.7 Å². The number of hydrogen-bond acceptors (Lipinski definition) is 3. The lowest BCUT2D eigenvalue weighted by Gasteiger charge is -2.13. The van der Waals surface area contributed by atoms with Gasteiger partial charge in [0.15, 0.2) is 0 Å². The summed E-state index contributed by atoms with van der Waals surface area (Å²) in [5.41, 5.74) is 1.08. The van der Waals surface area contributed by atoms with Gasteiger partial charge in [-0.3, -0.25) is 0 Å². The van der Waals surface area contributed by atoms with Crippen molar-refractivity contribution < 1.29 is 0 Å². The highest BCUT2D eigenvalue weighted by molar-refractivity contribution is 6.42. The minimum Gasteiger partial charge on any atom is -0.319 e. The number of nitrogens with one attached hydrogen (secondary N) is 1. The molecule has 1 aromatic heterocycles. The molecule has 0 bridgehead atoms. The molecule has 0 radical (unpaired) electrons. The molecule has 0 fully saturated rings. The molecule has 1 N–H and O–H groups in total. The highest BCUT2D eigenvalue weighted by Gasteiger charge is 2.10. The first kappa shape index (κ1) is 13.3. The number of benzene rings is 1. The van der Waals surface area contributed by atoms with Gasteiger partial charge in [-0.15, -0.1) is 10.2 Å². The molecule has 96 valence electrons. The van der Waals surface area contributed by atoms with Gasteiger partial charge < -0.3 is 9.88 Å². The summed E-state index contributed by atoms with van der Waals surface area (Å²) in [6.07, 6.45) is 1.69. The van der Waals surface area contributed by atoms with E-state index >= 15 is 0 Å². The van der Waals surface area contributed by atoms with E-state index in [0.29, 0.717) is 16.6 Å². The first-order valence-corrected chi connectivity index (χ1v) is 6.34. The summed E-state index contributed by atoms with van der Waals surface area (Å²) in [7, 11) is 1.92. The summed E-state index contributed by atoms with van der Waals surface area (Å²) in [6, 6.07) is 5.73. The van der Waals surface area contributed by atoms with E-state index in [2.05, 4.69) is 15.5 Å². The van der Waals surface area contributed by atoms with E-state index < -0.39 is 0 Å². The van der Waals surface area contributed by atoms with Gasteiger partial charge in [0.25, 0.3) is 0 Å². The number of rotatable bonds is 4. The SMILES string of the molecule is CC(NCc1ccc(Cl)c(Cl)c1)c1nncn1C. The fourth-order valence-electron chi connectivity index (χ4n) is 1.70. The number of aryl methyl sites for hydroxylation is 1. The third-order valence-corrected chi connectivity index (χ3v) is 3.47. The van der Waals surface area contributed by atoms with Crippen LogP contribution in [0.15, 0.2) is 24.5 Å². The monoisotopic (exact) mass is 284 g/mol. The quantitative estimate of drug-likeness (QED) is 0.939. The molecule has 1 heterocycles. The van der Waals surface area contributed by atoms with Crippen LogP contribution in [0.25, 0.3) is 0 Å². The van der Waals surface area contributed by atoms with Crippen LogP contribution >= 0.6 is 23.2 Å². The molecule has 18 heavy (non-hydrogen) atoms. The number of hydrogen-bond donors (Lipinski definition) is 1. The summed E-state index contributed by atoms with van der Waals surface area (Å²) in [4.78, 5) is 0. The third-order valence-electron chi connectivity index (χ3n) is 2.73. The first-order valence-electron chi connectivity index (χ1n) is 5.59. The zero-order valence-corrected chi connectivity index (χ0v) is 11.7. The van der Waals surface area contributed by atoms with Crippen LogP contribution < -0.4 is 5.32 Å². The van der Waals surface area contributed by atoms with Gasteiger partial charge in [-0.25, -0.2) is 0 Å². The number of halogens is 2. The van der Waals surface area contributed by atoms with Gasteiger partial charge in [0.1, 0.15) is 12.2 Å². The van der Waals surface area contributed by atoms with Crippen molar-refractivity contribution in [3.05, 3.63) is 46.0 Å². The predicted octanol–water partition coefficient (Wildman–Crippen LogP) is 2.97. The highest BCUT2D eigenvalue weighted by Crippen LogP contribution is 2.22. The Kier molecular flexibility index (Phi) is 4.22. The lowest BCUT2D eigenvalue weighted by Crippen LogP contribution is -2.21. The Labute approximate surface area is 116 Å². The van der Waals surface area contributed by atoms with Crippen LogP contribution in [0.3, 0.4) is 0 Å². The van der Waals surface area contributed by atoms with Gasteiger partial charge in [0.05, 0.1) is 16.1 Å². The predicted molar refractivity (Wildman–Crippen MR) is 72.7 cm³/mol. The molecule has 6 heteroatoms. The van der Waals surface area contributed by atoms with Gasteiger partial charge in [0, 0.05) is 13.6 Å². The van der Waals surface area contributed by atoms with Gasteiger partial charge in [0.2, 0.25) is 0 Å². The number of aromatic nitrogens is 3. The van der Waals surface area contributed by atoms with Crippen molar-refractivity contribution in [2.24, 2.45) is 7.05 Å². The molecule has 0 aliphatic carbocycles. The van der Waals surface area contributed by atoms with Crippen LogP contribution in [0, 0.1) is 0 Å². The van der Waals surface area contributed by atoms with Crippen LogP contribution in [0.1, 0.15) is 24.4 Å². The minimum absolute atomic E-state index is 0.118. The summed E-state index contributed by atoms with van der Waals surface area (Å²) in [5.74, 6) is 0.898. The Hall–Kier alpha value is -1.10. The summed E-state index contributed by atoms with van der Waals surface area (Å²) in [6.45, 7) is 2.74. The fourth-order valence-corrected chi connectivity index (χ4v) is 2.02. The second-order valence-electron chi connectivity index (χ2n) is 4.15. The molecule has 2 aromatic rings. The van der Waals surface area contributed by atoms with Crippen molar-refractivity contribution in [3.63, 3.8) is 0 Å². The molecule has 0 aliphatic heterocycles. The van der Waals surface area contributed by atoms with Crippen molar-refractivity contribution in [3.8, 4) is 0 Å². The maximum atomic E-state index is 5.97. The Balaban J connectivity index is 1.99. The summed E-state index contributed by atoms with van der Waals surface area (Å²) < 4.78 is 1.90. The lowest BCUT2D eigenvalue weighted by atomic mass is 10.2. The highest BCUT2D eigenvalue weighted by atomic mass is 35.5. The summed E-state index contributed by atoms with van der Waals surface area (Å²) in [5, 5.41) is 12.4. The molecular weight excluding hydrogens is 271 g/mol. The standard InChI is InChI=1S/C12H14Cl2N4/c1-8(12-17-16-7-18(12)2)15-6-9-3-4-10(13)11(14)5-9/h3-5,7-8,15H,6H2,1-2H3. The minimum atomic E-state index is 0.118. The third kappa shape index (κ3) is 3.02. The zero-order valence-electron chi connectivity index (χ0n) is 10.2. The average molecular weight is 285 g/mol. The van der Waals surface area contributed by atoms with Crippen molar-refractivity contribution in [1.29, 1.82) is 0 Å². The molecule has 1 atom stereocenters. The van der Waals surface area contributed by atoms with E-state index in [1.165, 1.54) is 0 Å². The molecule has 0 saturated heterocycles. The van der Waals surface area contributed by atoms with Crippen LogP contribution in [-0.2, 0) is 13.6 Å². The largest absolute Gasteiger partial charge is 0.319 e. The van der Waals surface area contributed by atoms with Crippen LogP contribution in [0.4, 0.5) is 0 Å². The maximum Gasteiger partial charge on any atom is 0.149 e. The molecule has 1 unspecified atom stereocenters. The maximum absolute atomic E-state index is 5.97. The second kappa shape index (κ2) is 5.69. The van der Waals surface area contributed by atoms with Crippen LogP contribution in [0.5, 0.6) is 0 Å². The lowest BCUT2D eigenvalue weighted by molar-refractivity contribution is 0.528. The van der Waals surface area contributed by atoms with Crippen molar-refractivity contribution >= 4 is 23.2 Å². The molecule has 4 nitrogen and oxygen atoms in total. The molecule has 2 rings (SSSR count). The van der Waals surface area contributed by atoms with Gasteiger partial charge in [-0.2, -0.15) is 0 Å². The van der Waals surface area contributed by atoms with Crippen molar-refractivity contribution in [1.82, 2.24) is 20.1 Å². The molecule has 0 spiro atoms. The second-order valence-corrected chi connectivity index (χ2v) is 4.97. The Morgan fingerprint density at radius 2 is 2.11 bits per heavy atom. The smallest absolute Gasteiger partial charge is 0.149 e. The molecule has 0 saturated carbocycles. The van der Waals surface area contributed by atoms with E-state index in [-0.39, 0.29) is 6.04 Å². The average Bonchev–Trinajstić information content (AvgIpc) is 2.77. The summed E-state index contributed by atoms with van der Waals surface area (Å²) >= 11 is 11.8.